The van der Waals surface area contributed by atoms with E-state index in [4.69, 9.17) is 0 Å². The molecule has 0 radical (unpaired) electrons. The Balaban J connectivity index is 1.51. The van der Waals surface area contributed by atoms with Crippen LogP contribution in [0, 0.1) is 5.82 Å². The summed E-state index contributed by atoms with van der Waals surface area (Å²) in [7, 11) is 0. The number of amides is 1. The molecule has 128 valence electrons. The minimum atomic E-state index is -0.284. The SMILES string of the molecule is O=C(CCc1ccc(F)cc1)Nc1ncn(Cc2ccc(Br)cc2)n1. The lowest BCUT2D eigenvalue weighted by Gasteiger charge is -2.03. The van der Waals surface area contributed by atoms with Crippen molar-refractivity contribution in [3.63, 3.8) is 0 Å². The Morgan fingerprint density at radius 1 is 1.08 bits per heavy atom. The van der Waals surface area contributed by atoms with E-state index in [0.717, 1.165) is 15.6 Å². The lowest BCUT2D eigenvalue weighted by molar-refractivity contribution is -0.116. The van der Waals surface area contributed by atoms with E-state index in [2.05, 4.69) is 31.3 Å². The van der Waals surface area contributed by atoms with Gasteiger partial charge in [0.1, 0.15) is 12.1 Å². The van der Waals surface area contributed by atoms with Crippen molar-refractivity contribution in [1.29, 1.82) is 0 Å². The number of anilines is 1. The average Bonchev–Trinajstić information content (AvgIpc) is 3.03. The van der Waals surface area contributed by atoms with E-state index in [-0.39, 0.29) is 24.1 Å². The monoisotopic (exact) mass is 402 g/mol. The van der Waals surface area contributed by atoms with Gasteiger partial charge in [-0.15, -0.1) is 5.10 Å². The van der Waals surface area contributed by atoms with Crippen molar-refractivity contribution in [2.45, 2.75) is 19.4 Å². The van der Waals surface area contributed by atoms with Crippen molar-refractivity contribution in [2.24, 2.45) is 0 Å². The maximum absolute atomic E-state index is 12.9. The van der Waals surface area contributed by atoms with Gasteiger partial charge in [-0.05, 0) is 41.8 Å². The van der Waals surface area contributed by atoms with Gasteiger partial charge in [-0.2, -0.15) is 0 Å². The van der Waals surface area contributed by atoms with E-state index in [9.17, 15) is 9.18 Å². The number of carbonyl (C=O) groups excluding carboxylic acids is 1. The van der Waals surface area contributed by atoms with Crippen molar-refractivity contribution >= 4 is 27.8 Å². The van der Waals surface area contributed by atoms with Crippen molar-refractivity contribution in [1.82, 2.24) is 14.8 Å². The molecule has 5 nitrogen and oxygen atoms in total. The maximum atomic E-state index is 12.9. The fraction of sp³-hybridized carbons (Fsp3) is 0.167. The highest BCUT2D eigenvalue weighted by atomic mass is 79.9. The predicted octanol–water partition coefficient (Wildman–Crippen LogP) is 3.80. The van der Waals surface area contributed by atoms with Crippen LogP contribution in [0.25, 0.3) is 0 Å². The Kier molecular flexibility index (Phi) is 5.55. The topological polar surface area (TPSA) is 59.8 Å². The van der Waals surface area contributed by atoms with Crippen LogP contribution in [-0.2, 0) is 17.8 Å². The van der Waals surface area contributed by atoms with E-state index >= 15 is 0 Å². The molecule has 0 aliphatic rings. The molecule has 0 aliphatic heterocycles. The molecule has 7 heteroatoms. The Morgan fingerprint density at radius 2 is 1.76 bits per heavy atom. The second kappa shape index (κ2) is 8.02. The third-order valence-corrected chi connectivity index (χ3v) is 4.13. The first kappa shape index (κ1) is 17.3. The van der Waals surface area contributed by atoms with E-state index in [0.29, 0.717) is 13.0 Å². The Morgan fingerprint density at radius 3 is 2.48 bits per heavy atom. The molecular weight excluding hydrogens is 387 g/mol. The predicted molar refractivity (Wildman–Crippen MR) is 96.6 cm³/mol. The van der Waals surface area contributed by atoms with Crippen LogP contribution in [0.15, 0.2) is 59.3 Å². The summed E-state index contributed by atoms with van der Waals surface area (Å²) in [5.41, 5.74) is 1.99. The minimum Gasteiger partial charge on any atom is -0.293 e. The summed E-state index contributed by atoms with van der Waals surface area (Å²) in [5.74, 6) is -0.180. The smallest absolute Gasteiger partial charge is 0.248 e. The first-order valence-corrected chi connectivity index (χ1v) is 8.56. The summed E-state index contributed by atoms with van der Waals surface area (Å²) in [6.45, 7) is 0.575. The van der Waals surface area contributed by atoms with Crippen molar-refractivity contribution in [2.75, 3.05) is 5.32 Å². The van der Waals surface area contributed by atoms with Crippen LogP contribution >= 0.6 is 15.9 Å². The minimum absolute atomic E-state index is 0.175. The van der Waals surface area contributed by atoms with Crippen molar-refractivity contribution < 1.29 is 9.18 Å². The molecule has 25 heavy (non-hydrogen) atoms. The van der Waals surface area contributed by atoms with Crippen LogP contribution in [0.2, 0.25) is 0 Å². The number of aromatic nitrogens is 3. The number of nitrogens with one attached hydrogen (secondary N) is 1. The molecule has 0 unspecified atom stereocenters. The van der Waals surface area contributed by atoms with Gasteiger partial charge in [0.2, 0.25) is 11.9 Å². The van der Waals surface area contributed by atoms with Crippen LogP contribution in [0.5, 0.6) is 0 Å². The maximum Gasteiger partial charge on any atom is 0.248 e. The molecule has 1 heterocycles. The zero-order valence-corrected chi connectivity index (χ0v) is 14.9. The van der Waals surface area contributed by atoms with Crippen LogP contribution < -0.4 is 5.32 Å². The van der Waals surface area contributed by atoms with E-state index in [1.807, 2.05) is 24.3 Å². The van der Waals surface area contributed by atoms with E-state index < -0.39 is 0 Å². The number of benzene rings is 2. The van der Waals surface area contributed by atoms with E-state index in [1.54, 1.807) is 23.1 Å². The highest BCUT2D eigenvalue weighted by Gasteiger charge is 2.07. The molecule has 3 rings (SSSR count). The normalized spacial score (nSPS) is 10.6. The van der Waals surface area contributed by atoms with Gasteiger partial charge in [0.05, 0.1) is 6.54 Å². The van der Waals surface area contributed by atoms with Gasteiger partial charge in [-0.1, -0.05) is 40.2 Å². The zero-order chi connectivity index (χ0) is 17.6. The summed E-state index contributed by atoms with van der Waals surface area (Å²) in [6, 6.07) is 14.0. The molecule has 2 aromatic carbocycles. The molecule has 3 aromatic rings. The fourth-order valence-electron chi connectivity index (χ4n) is 2.30. The third kappa shape index (κ3) is 5.22. The first-order chi connectivity index (χ1) is 12.1. The summed E-state index contributed by atoms with van der Waals surface area (Å²) in [4.78, 5) is 16.1. The molecule has 0 fully saturated rings. The average molecular weight is 403 g/mol. The van der Waals surface area contributed by atoms with Crippen molar-refractivity contribution in [3.05, 3.63) is 76.3 Å². The Hall–Kier alpha value is -2.54. The third-order valence-electron chi connectivity index (χ3n) is 3.60. The molecule has 1 amide bonds. The lowest BCUT2D eigenvalue weighted by Crippen LogP contribution is -2.14. The van der Waals surface area contributed by atoms with Crippen molar-refractivity contribution in [3.8, 4) is 0 Å². The molecule has 1 N–H and O–H groups in total. The van der Waals surface area contributed by atoms with Gasteiger partial charge in [-0.3, -0.25) is 10.1 Å². The number of carbonyl (C=O) groups is 1. The lowest BCUT2D eigenvalue weighted by atomic mass is 10.1. The largest absolute Gasteiger partial charge is 0.293 e. The summed E-state index contributed by atoms with van der Waals surface area (Å²) in [6.07, 6.45) is 2.40. The number of hydrogen-bond acceptors (Lipinski definition) is 3. The molecular formula is C18H16BrFN4O. The number of halogens is 2. The molecule has 0 aliphatic carbocycles. The van der Waals surface area contributed by atoms with E-state index in [1.165, 1.54) is 12.1 Å². The zero-order valence-electron chi connectivity index (χ0n) is 13.3. The molecule has 0 saturated heterocycles. The van der Waals surface area contributed by atoms with Crippen LogP contribution in [0.4, 0.5) is 10.3 Å². The summed E-state index contributed by atoms with van der Waals surface area (Å²) >= 11 is 3.40. The fourth-order valence-corrected chi connectivity index (χ4v) is 2.57. The molecule has 1 aromatic heterocycles. The van der Waals surface area contributed by atoms with Gasteiger partial charge in [0.25, 0.3) is 0 Å². The first-order valence-electron chi connectivity index (χ1n) is 7.77. The summed E-state index contributed by atoms with van der Waals surface area (Å²) in [5, 5.41) is 6.92. The summed E-state index contributed by atoms with van der Waals surface area (Å²) < 4.78 is 15.5. The highest BCUT2D eigenvalue weighted by molar-refractivity contribution is 9.10. The van der Waals surface area contributed by atoms with Gasteiger partial charge in [-0.25, -0.2) is 14.1 Å². The van der Waals surface area contributed by atoms with Crippen LogP contribution in [-0.4, -0.2) is 20.7 Å². The van der Waals surface area contributed by atoms with Gasteiger partial charge in [0.15, 0.2) is 0 Å². The van der Waals surface area contributed by atoms with Gasteiger partial charge in [0, 0.05) is 10.9 Å². The highest BCUT2D eigenvalue weighted by Crippen LogP contribution is 2.12. The number of nitrogens with zero attached hydrogens (tertiary/aromatic N) is 3. The number of hydrogen-bond donors (Lipinski definition) is 1. The standard InChI is InChI=1S/C18H16BrFN4O/c19-15-6-1-14(2-7-15)11-24-12-21-18(23-24)22-17(25)10-5-13-3-8-16(20)9-4-13/h1-4,6-9,12H,5,10-11H2,(H,22,23,25). The quantitative estimate of drug-likeness (QED) is 0.681. The van der Waals surface area contributed by atoms with Crippen LogP contribution in [0.3, 0.4) is 0 Å². The second-order valence-corrected chi connectivity index (χ2v) is 6.48. The molecule has 0 spiro atoms. The number of rotatable bonds is 6. The molecule has 0 saturated carbocycles. The van der Waals surface area contributed by atoms with Gasteiger partial charge < -0.3 is 0 Å². The second-order valence-electron chi connectivity index (χ2n) is 5.57. The van der Waals surface area contributed by atoms with Gasteiger partial charge >= 0.3 is 0 Å². The van der Waals surface area contributed by atoms with Crippen LogP contribution in [0.1, 0.15) is 17.5 Å². The Bertz CT molecular complexity index is 846. The molecule has 0 bridgehead atoms. The Labute approximate surface area is 153 Å². The molecule has 0 atom stereocenters. The number of aryl methyl sites for hydroxylation is 1.